The summed E-state index contributed by atoms with van der Waals surface area (Å²) in [6.45, 7) is 5.47. The smallest absolute Gasteiger partial charge is 0.457 e. The van der Waals surface area contributed by atoms with Gasteiger partial charge in [-0.05, 0) is 32.1 Å². The summed E-state index contributed by atoms with van der Waals surface area (Å²) in [5.41, 5.74) is 0. The average Bonchev–Trinajstić information content (AvgIpc) is 2.86. The highest BCUT2D eigenvalue weighted by molar-refractivity contribution is 7.47. The maximum Gasteiger partial charge on any atom is 0.472 e. The van der Waals surface area contributed by atoms with Crippen molar-refractivity contribution >= 4 is 13.8 Å². The van der Waals surface area contributed by atoms with Crippen LogP contribution in [0.3, 0.4) is 0 Å². The Morgan fingerprint density at radius 1 is 0.769 bits per heavy atom. The number of hydrogen-bond acceptors (Lipinski definition) is 6. The second kappa shape index (κ2) is 25.0. The summed E-state index contributed by atoms with van der Waals surface area (Å²) in [6.07, 6.45) is 21.1. The van der Waals surface area contributed by atoms with E-state index in [4.69, 9.17) is 18.5 Å². The summed E-state index contributed by atoms with van der Waals surface area (Å²) in [5.74, 6) is -0.328. The molecule has 0 rings (SSSR count). The molecule has 2 atom stereocenters. The van der Waals surface area contributed by atoms with Crippen LogP contribution in [0.2, 0.25) is 0 Å². The lowest BCUT2D eigenvalue weighted by atomic mass is 10.1. The lowest BCUT2D eigenvalue weighted by Crippen LogP contribution is -2.37. The van der Waals surface area contributed by atoms with Gasteiger partial charge in [0.05, 0.1) is 34.4 Å². The first-order valence-electron chi connectivity index (χ1n) is 15.4. The monoisotopic (exact) mass is 578 g/mol. The number of ether oxygens (including phenoxy) is 2. The fraction of sp³-hybridized carbons (Fsp3) is 0.900. The molecule has 0 aromatic heterocycles. The van der Waals surface area contributed by atoms with Gasteiger partial charge in [0, 0.05) is 13.0 Å². The topological polar surface area (TPSA) is 91.3 Å². The summed E-state index contributed by atoms with van der Waals surface area (Å²) in [5, 5.41) is 0. The Bertz CT molecular complexity index is 652. The van der Waals surface area contributed by atoms with E-state index in [1.807, 2.05) is 21.1 Å². The predicted molar refractivity (Wildman–Crippen MR) is 160 cm³/mol. The van der Waals surface area contributed by atoms with Crippen LogP contribution in [-0.4, -0.2) is 75.6 Å². The van der Waals surface area contributed by atoms with Gasteiger partial charge >= 0.3 is 13.8 Å². The van der Waals surface area contributed by atoms with E-state index >= 15 is 0 Å². The standard InChI is InChI=1S/C30H60NO7P/c1-6-8-10-12-14-15-16-17-18-20-22-25-35-27-29(38-30(32)23-21-19-13-11-9-7-2)28-37-39(33,34)36-26-24-31(3,4)5/h10,12,29H,6-9,11,13-28H2,1-5H3/p+1/b12-10-. The van der Waals surface area contributed by atoms with Crippen LogP contribution in [0.1, 0.15) is 117 Å². The summed E-state index contributed by atoms with van der Waals surface area (Å²) >= 11 is 0. The SMILES string of the molecule is CCC/C=C\CCCCCCCCOCC(COP(=O)(O)OCC[N+](C)(C)C)OC(=O)CCCCCCCC. The van der Waals surface area contributed by atoms with E-state index < -0.39 is 13.9 Å². The highest BCUT2D eigenvalue weighted by Gasteiger charge is 2.26. The molecule has 0 amide bonds. The molecule has 1 N–H and O–H groups in total. The van der Waals surface area contributed by atoms with Crippen molar-refractivity contribution in [2.24, 2.45) is 0 Å². The number of rotatable bonds is 28. The van der Waals surface area contributed by atoms with Gasteiger partial charge in [0.1, 0.15) is 19.3 Å². The molecule has 0 spiro atoms. The van der Waals surface area contributed by atoms with Crippen molar-refractivity contribution in [2.75, 3.05) is 54.1 Å². The second-order valence-electron chi connectivity index (χ2n) is 11.5. The quantitative estimate of drug-likeness (QED) is 0.0336. The van der Waals surface area contributed by atoms with E-state index in [1.165, 1.54) is 64.2 Å². The van der Waals surface area contributed by atoms with Crippen molar-refractivity contribution < 1.29 is 37.3 Å². The first kappa shape index (κ1) is 38.2. The third-order valence-corrected chi connectivity index (χ3v) is 7.29. The summed E-state index contributed by atoms with van der Waals surface area (Å²) in [4.78, 5) is 22.4. The molecule has 2 unspecified atom stereocenters. The number of allylic oxidation sites excluding steroid dienone is 2. The van der Waals surface area contributed by atoms with Crippen LogP contribution < -0.4 is 0 Å². The number of phosphoric ester groups is 1. The summed E-state index contributed by atoms with van der Waals surface area (Å²) < 4.78 is 34.5. The summed E-state index contributed by atoms with van der Waals surface area (Å²) in [7, 11) is 1.66. The molecule has 0 heterocycles. The van der Waals surface area contributed by atoms with Crippen LogP contribution in [0.4, 0.5) is 0 Å². The minimum absolute atomic E-state index is 0.0891. The van der Waals surface area contributed by atoms with Crippen LogP contribution >= 0.6 is 7.82 Å². The first-order valence-corrected chi connectivity index (χ1v) is 16.9. The van der Waals surface area contributed by atoms with Crippen molar-refractivity contribution in [3.05, 3.63) is 12.2 Å². The van der Waals surface area contributed by atoms with Crippen LogP contribution in [0.5, 0.6) is 0 Å². The zero-order valence-corrected chi connectivity index (χ0v) is 26.8. The molecular formula is C30H61NO7P+. The molecule has 39 heavy (non-hydrogen) atoms. The van der Waals surface area contributed by atoms with Gasteiger partial charge in [-0.1, -0.05) is 90.2 Å². The molecular weight excluding hydrogens is 517 g/mol. The Hall–Kier alpha value is -0.760. The zero-order chi connectivity index (χ0) is 29.2. The Morgan fingerprint density at radius 3 is 2.05 bits per heavy atom. The van der Waals surface area contributed by atoms with E-state index in [9.17, 15) is 14.3 Å². The van der Waals surface area contributed by atoms with Crippen LogP contribution in [0.25, 0.3) is 0 Å². The van der Waals surface area contributed by atoms with Gasteiger partial charge in [-0.2, -0.15) is 0 Å². The molecule has 0 saturated heterocycles. The highest BCUT2D eigenvalue weighted by Crippen LogP contribution is 2.43. The molecule has 0 radical (unpaired) electrons. The van der Waals surface area contributed by atoms with Crippen LogP contribution in [-0.2, 0) is 27.9 Å². The number of esters is 1. The normalized spacial score (nSPS) is 14.5. The molecule has 0 aliphatic carbocycles. The van der Waals surface area contributed by atoms with E-state index in [1.54, 1.807) is 0 Å². The molecule has 0 bridgehead atoms. The Kier molecular flexibility index (Phi) is 24.5. The van der Waals surface area contributed by atoms with Crippen LogP contribution in [0.15, 0.2) is 12.2 Å². The number of carbonyl (C=O) groups excluding carboxylic acids is 1. The summed E-state index contributed by atoms with van der Waals surface area (Å²) in [6, 6.07) is 0. The second-order valence-corrected chi connectivity index (χ2v) is 12.9. The predicted octanol–water partition coefficient (Wildman–Crippen LogP) is 7.59. The van der Waals surface area contributed by atoms with Gasteiger partial charge in [0.15, 0.2) is 0 Å². The molecule has 0 aromatic rings. The van der Waals surface area contributed by atoms with Gasteiger partial charge in [-0.25, -0.2) is 4.57 Å². The average molecular weight is 579 g/mol. The van der Waals surface area contributed by atoms with E-state index in [2.05, 4.69) is 26.0 Å². The largest absolute Gasteiger partial charge is 0.472 e. The van der Waals surface area contributed by atoms with Gasteiger partial charge in [0.2, 0.25) is 0 Å². The molecule has 0 aromatic carbocycles. The molecule has 0 saturated carbocycles. The van der Waals surface area contributed by atoms with E-state index in [0.29, 0.717) is 24.1 Å². The molecule has 8 nitrogen and oxygen atoms in total. The molecule has 232 valence electrons. The third-order valence-electron chi connectivity index (χ3n) is 6.31. The number of carbonyl (C=O) groups is 1. The van der Waals surface area contributed by atoms with Crippen molar-refractivity contribution in [1.82, 2.24) is 0 Å². The van der Waals surface area contributed by atoms with E-state index in [-0.39, 0.29) is 25.8 Å². The van der Waals surface area contributed by atoms with Crippen molar-refractivity contribution in [1.29, 1.82) is 0 Å². The number of quaternary nitrogens is 1. The van der Waals surface area contributed by atoms with Gasteiger partial charge < -0.3 is 18.9 Å². The van der Waals surface area contributed by atoms with Crippen LogP contribution in [0, 0.1) is 0 Å². The number of phosphoric acid groups is 1. The zero-order valence-electron chi connectivity index (χ0n) is 25.9. The lowest BCUT2D eigenvalue weighted by Gasteiger charge is -2.24. The number of unbranched alkanes of at least 4 members (excludes halogenated alkanes) is 12. The Morgan fingerprint density at radius 2 is 1.38 bits per heavy atom. The fourth-order valence-electron chi connectivity index (χ4n) is 3.85. The van der Waals surface area contributed by atoms with Gasteiger partial charge in [0.25, 0.3) is 0 Å². The Labute approximate surface area is 240 Å². The first-order chi connectivity index (χ1) is 18.6. The minimum Gasteiger partial charge on any atom is -0.457 e. The molecule has 9 heteroatoms. The molecule has 0 aliphatic heterocycles. The highest BCUT2D eigenvalue weighted by atomic mass is 31.2. The maximum absolute atomic E-state index is 12.4. The third kappa shape index (κ3) is 28.6. The van der Waals surface area contributed by atoms with Gasteiger partial charge in [-0.3, -0.25) is 13.8 Å². The number of hydrogen-bond donors (Lipinski definition) is 1. The Balaban J connectivity index is 4.35. The number of nitrogens with zero attached hydrogens (tertiary/aromatic N) is 1. The van der Waals surface area contributed by atoms with E-state index in [0.717, 1.165) is 32.1 Å². The number of likely N-dealkylation sites (N-methyl/N-ethyl adjacent to an activating group) is 1. The minimum atomic E-state index is -4.25. The maximum atomic E-state index is 12.4. The fourth-order valence-corrected chi connectivity index (χ4v) is 4.59. The molecule has 0 fully saturated rings. The van der Waals surface area contributed by atoms with Crippen molar-refractivity contribution in [3.63, 3.8) is 0 Å². The van der Waals surface area contributed by atoms with Gasteiger partial charge in [-0.15, -0.1) is 0 Å². The van der Waals surface area contributed by atoms with Crippen molar-refractivity contribution in [3.8, 4) is 0 Å². The molecule has 0 aliphatic rings. The van der Waals surface area contributed by atoms with Crippen molar-refractivity contribution in [2.45, 2.75) is 123 Å². The lowest BCUT2D eigenvalue weighted by molar-refractivity contribution is -0.870.